The molecule has 24 heavy (non-hydrogen) atoms. The van der Waals surface area contributed by atoms with E-state index < -0.39 is 0 Å². The Labute approximate surface area is 148 Å². The molecule has 2 atom stereocenters. The van der Waals surface area contributed by atoms with Gasteiger partial charge in [-0.3, -0.25) is 4.99 Å². The van der Waals surface area contributed by atoms with E-state index in [1.165, 1.54) is 12.8 Å². The molecule has 0 saturated carbocycles. The molecule has 2 unspecified atom stereocenters. The molecule has 0 aliphatic carbocycles. The van der Waals surface area contributed by atoms with Gasteiger partial charge < -0.3 is 25.0 Å². The topological polar surface area (TPSA) is 58.1 Å². The number of hydrogen-bond acceptors (Lipinski definition) is 4. The van der Waals surface area contributed by atoms with Gasteiger partial charge in [-0.2, -0.15) is 0 Å². The van der Waals surface area contributed by atoms with Crippen molar-refractivity contribution in [1.29, 1.82) is 0 Å². The second-order valence-corrected chi connectivity index (χ2v) is 6.49. The number of aliphatic imine (C=N–C) groups is 1. The second kappa shape index (κ2) is 13.4. The second-order valence-electron chi connectivity index (χ2n) is 6.49. The molecule has 1 rings (SSSR count). The number of nitrogens with one attached hydrogen (secondary N) is 2. The molecule has 1 heterocycles. The third-order valence-corrected chi connectivity index (χ3v) is 4.49. The van der Waals surface area contributed by atoms with Crippen molar-refractivity contribution in [3.05, 3.63) is 0 Å². The van der Waals surface area contributed by atoms with Gasteiger partial charge in [0.1, 0.15) is 0 Å². The predicted octanol–water partition coefficient (Wildman–Crippen LogP) is 1.86. The summed E-state index contributed by atoms with van der Waals surface area (Å²) in [6.07, 6.45) is 4.74. The van der Waals surface area contributed by atoms with E-state index in [0.717, 1.165) is 64.8 Å². The van der Waals surface area contributed by atoms with Crippen LogP contribution >= 0.6 is 0 Å². The first kappa shape index (κ1) is 21.2. The summed E-state index contributed by atoms with van der Waals surface area (Å²) in [4.78, 5) is 6.98. The van der Waals surface area contributed by atoms with Gasteiger partial charge >= 0.3 is 0 Å². The van der Waals surface area contributed by atoms with E-state index in [0.29, 0.717) is 12.1 Å². The van der Waals surface area contributed by atoms with Crippen LogP contribution in [-0.4, -0.2) is 76.1 Å². The van der Waals surface area contributed by atoms with Crippen molar-refractivity contribution in [2.45, 2.75) is 58.6 Å². The van der Waals surface area contributed by atoms with E-state index in [1.54, 1.807) is 0 Å². The minimum absolute atomic E-state index is 0.315. The van der Waals surface area contributed by atoms with E-state index in [9.17, 15) is 0 Å². The number of ether oxygens (including phenoxy) is 2. The highest BCUT2D eigenvalue weighted by molar-refractivity contribution is 5.79. The molecular weight excluding hydrogens is 304 g/mol. The van der Waals surface area contributed by atoms with E-state index in [2.05, 4.69) is 48.3 Å². The molecule has 142 valence electrons. The number of guanidine groups is 1. The molecule has 0 aromatic heterocycles. The lowest BCUT2D eigenvalue weighted by Gasteiger charge is -2.24. The van der Waals surface area contributed by atoms with Crippen LogP contribution < -0.4 is 10.6 Å². The molecule has 0 aromatic rings. The zero-order valence-corrected chi connectivity index (χ0v) is 16.1. The molecule has 0 radical (unpaired) electrons. The molecule has 2 N–H and O–H groups in total. The van der Waals surface area contributed by atoms with Crippen molar-refractivity contribution in [3.8, 4) is 0 Å². The summed E-state index contributed by atoms with van der Waals surface area (Å²) in [6, 6.07) is 0.618. The van der Waals surface area contributed by atoms with Crippen molar-refractivity contribution in [2.75, 3.05) is 53.0 Å². The zero-order valence-electron chi connectivity index (χ0n) is 16.1. The molecule has 0 amide bonds. The van der Waals surface area contributed by atoms with E-state index in [-0.39, 0.29) is 0 Å². The summed E-state index contributed by atoms with van der Waals surface area (Å²) in [7, 11) is 2.17. The summed E-state index contributed by atoms with van der Waals surface area (Å²) >= 11 is 0. The Morgan fingerprint density at radius 3 is 2.88 bits per heavy atom. The smallest absolute Gasteiger partial charge is 0.191 e. The molecule has 6 heteroatoms. The number of hydrogen-bond donors (Lipinski definition) is 2. The fourth-order valence-electron chi connectivity index (χ4n) is 2.57. The number of rotatable bonds is 12. The van der Waals surface area contributed by atoms with Gasteiger partial charge in [0.2, 0.25) is 0 Å². The first-order chi connectivity index (χ1) is 11.7. The van der Waals surface area contributed by atoms with Gasteiger partial charge in [0.15, 0.2) is 5.96 Å². The summed E-state index contributed by atoms with van der Waals surface area (Å²) in [6.45, 7) is 12.5. The molecule has 1 aliphatic heterocycles. The minimum atomic E-state index is 0.315. The fourth-order valence-corrected chi connectivity index (χ4v) is 2.57. The van der Waals surface area contributed by atoms with E-state index in [1.807, 2.05) is 0 Å². The summed E-state index contributed by atoms with van der Waals surface area (Å²) in [5.41, 5.74) is 0. The Balaban J connectivity index is 2.12. The Hall–Kier alpha value is -0.850. The average Bonchev–Trinajstić information content (AvgIpc) is 3.10. The van der Waals surface area contributed by atoms with Gasteiger partial charge in [-0.1, -0.05) is 6.92 Å². The van der Waals surface area contributed by atoms with Crippen LogP contribution in [0.1, 0.15) is 46.5 Å². The van der Waals surface area contributed by atoms with E-state index in [4.69, 9.17) is 9.47 Å². The van der Waals surface area contributed by atoms with Crippen molar-refractivity contribution in [2.24, 2.45) is 4.99 Å². The number of likely N-dealkylation sites (N-methyl/N-ethyl adjacent to an activating group) is 1. The summed E-state index contributed by atoms with van der Waals surface area (Å²) in [5, 5.41) is 6.70. The largest absolute Gasteiger partial charge is 0.379 e. The molecular formula is C18H38N4O2. The first-order valence-electron chi connectivity index (χ1n) is 9.59. The average molecular weight is 343 g/mol. The molecule has 0 bridgehead atoms. The maximum atomic E-state index is 5.67. The van der Waals surface area contributed by atoms with Crippen LogP contribution in [0.2, 0.25) is 0 Å². The monoisotopic (exact) mass is 342 g/mol. The lowest BCUT2D eigenvalue weighted by molar-refractivity contribution is 0.0171. The fraction of sp³-hybridized carbons (Fsp3) is 0.944. The van der Waals surface area contributed by atoms with Crippen molar-refractivity contribution >= 4 is 5.96 Å². The van der Waals surface area contributed by atoms with Gasteiger partial charge in [-0.15, -0.1) is 0 Å². The van der Waals surface area contributed by atoms with Gasteiger partial charge in [-0.25, -0.2) is 0 Å². The highest BCUT2D eigenvalue weighted by atomic mass is 16.5. The number of nitrogens with zero attached hydrogens (tertiary/aromatic N) is 2. The molecule has 1 aliphatic rings. The van der Waals surface area contributed by atoms with Gasteiger partial charge in [0.25, 0.3) is 0 Å². The van der Waals surface area contributed by atoms with Crippen LogP contribution in [0, 0.1) is 0 Å². The Morgan fingerprint density at radius 2 is 2.21 bits per heavy atom. The SMILES string of the molecule is CCNC(=NCCCOCC1CCCO1)NCCN(C)C(C)CC. The van der Waals surface area contributed by atoms with Crippen molar-refractivity contribution in [1.82, 2.24) is 15.5 Å². The molecule has 1 fully saturated rings. The highest BCUT2D eigenvalue weighted by Gasteiger charge is 2.14. The summed E-state index contributed by atoms with van der Waals surface area (Å²) < 4.78 is 11.2. The van der Waals surface area contributed by atoms with E-state index >= 15 is 0 Å². The van der Waals surface area contributed by atoms with Crippen LogP contribution in [0.5, 0.6) is 0 Å². The van der Waals surface area contributed by atoms with Crippen LogP contribution in [0.3, 0.4) is 0 Å². The molecule has 6 nitrogen and oxygen atoms in total. The van der Waals surface area contributed by atoms with Gasteiger partial charge in [-0.05, 0) is 46.6 Å². The van der Waals surface area contributed by atoms with Crippen LogP contribution in [0.4, 0.5) is 0 Å². The Bertz CT molecular complexity index is 333. The van der Waals surface area contributed by atoms with Crippen molar-refractivity contribution < 1.29 is 9.47 Å². The predicted molar refractivity (Wildman–Crippen MR) is 101 cm³/mol. The standard InChI is InChI=1S/C18H38N4O2/c1-5-16(3)22(4)12-11-21-18(19-6-2)20-10-8-13-23-15-17-9-7-14-24-17/h16-17H,5-15H2,1-4H3,(H2,19,20,21). The van der Waals surface area contributed by atoms with Crippen LogP contribution in [-0.2, 0) is 9.47 Å². The minimum Gasteiger partial charge on any atom is -0.379 e. The lowest BCUT2D eigenvalue weighted by atomic mass is 10.2. The first-order valence-corrected chi connectivity index (χ1v) is 9.59. The maximum absolute atomic E-state index is 5.67. The van der Waals surface area contributed by atoms with Crippen LogP contribution in [0.25, 0.3) is 0 Å². The van der Waals surface area contributed by atoms with Crippen molar-refractivity contribution in [3.63, 3.8) is 0 Å². The van der Waals surface area contributed by atoms with Gasteiger partial charge in [0, 0.05) is 45.4 Å². The van der Waals surface area contributed by atoms with Gasteiger partial charge in [0.05, 0.1) is 12.7 Å². The van der Waals surface area contributed by atoms with Crippen LogP contribution in [0.15, 0.2) is 4.99 Å². The molecule has 0 aromatic carbocycles. The molecule has 0 spiro atoms. The molecule has 1 saturated heterocycles. The Morgan fingerprint density at radius 1 is 1.38 bits per heavy atom. The normalized spacial score (nSPS) is 19.7. The quantitative estimate of drug-likeness (QED) is 0.322. The third kappa shape index (κ3) is 9.45. The summed E-state index contributed by atoms with van der Waals surface area (Å²) in [5.74, 6) is 0.897. The highest BCUT2D eigenvalue weighted by Crippen LogP contribution is 2.11. The Kier molecular flexibility index (Phi) is 11.9. The zero-order chi connectivity index (χ0) is 17.6. The lowest BCUT2D eigenvalue weighted by Crippen LogP contribution is -2.42. The third-order valence-electron chi connectivity index (χ3n) is 4.49. The maximum Gasteiger partial charge on any atom is 0.191 e.